The fourth-order valence-electron chi connectivity index (χ4n) is 3.45. The Kier molecular flexibility index (Phi) is 3.69. The van der Waals surface area contributed by atoms with Crippen LogP contribution in [0.4, 0.5) is 0 Å². The van der Waals surface area contributed by atoms with E-state index in [4.69, 9.17) is 4.74 Å². The highest BCUT2D eigenvalue weighted by atomic mass is 16.5. The lowest BCUT2D eigenvalue weighted by Crippen LogP contribution is -2.34. The highest BCUT2D eigenvalue weighted by molar-refractivity contribution is 5.94. The Bertz CT molecular complexity index is 718. The molecule has 1 amide bonds. The van der Waals surface area contributed by atoms with Crippen LogP contribution in [0.25, 0.3) is 0 Å². The molecule has 2 aliphatic rings. The quantitative estimate of drug-likeness (QED) is 0.942. The van der Waals surface area contributed by atoms with Crippen molar-refractivity contribution in [1.82, 2.24) is 9.88 Å². The Morgan fingerprint density at radius 2 is 2.09 bits per heavy atom. The molecule has 4 heteroatoms. The second-order valence-corrected chi connectivity index (χ2v) is 6.58. The number of nitrogens with zero attached hydrogens (tertiary/aromatic N) is 1. The first-order valence-electron chi connectivity index (χ1n) is 8.36. The molecular formula is C19H22N2O2. The fourth-order valence-corrected chi connectivity index (χ4v) is 3.45. The van der Waals surface area contributed by atoms with Crippen molar-refractivity contribution in [2.75, 3.05) is 20.2 Å². The van der Waals surface area contributed by atoms with Crippen LogP contribution >= 0.6 is 0 Å². The van der Waals surface area contributed by atoms with Crippen molar-refractivity contribution in [3.63, 3.8) is 0 Å². The number of benzene rings is 1. The number of aromatic nitrogens is 1. The van der Waals surface area contributed by atoms with E-state index in [0.717, 1.165) is 18.7 Å². The summed E-state index contributed by atoms with van der Waals surface area (Å²) in [6.45, 7) is 1.30. The lowest BCUT2D eigenvalue weighted by Gasteiger charge is -2.29. The van der Waals surface area contributed by atoms with Gasteiger partial charge in [-0.05, 0) is 47.9 Å². The van der Waals surface area contributed by atoms with E-state index in [2.05, 4.69) is 23.2 Å². The molecule has 4 nitrogen and oxygen atoms in total. The van der Waals surface area contributed by atoms with Gasteiger partial charge in [-0.2, -0.15) is 0 Å². The van der Waals surface area contributed by atoms with Gasteiger partial charge in [-0.15, -0.1) is 0 Å². The molecule has 0 saturated heterocycles. The van der Waals surface area contributed by atoms with Crippen molar-refractivity contribution in [2.24, 2.45) is 0 Å². The van der Waals surface area contributed by atoms with Crippen molar-refractivity contribution < 1.29 is 9.53 Å². The van der Waals surface area contributed by atoms with Crippen LogP contribution in [-0.2, 0) is 11.2 Å². The van der Waals surface area contributed by atoms with Gasteiger partial charge in [0.05, 0.1) is 13.2 Å². The smallest absolute Gasteiger partial charge is 0.270 e. The van der Waals surface area contributed by atoms with Crippen LogP contribution in [-0.4, -0.2) is 36.0 Å². The summed E-state index contributed by atoms with van der Waals surface area (Å²) in [5.74, 6) is 0.629. The zero-order valence-corrected chi connectivity index (χ0v) is 13.4. The minimum Gasteiger partial charge on any atom is -0.371 e. The molecule has 1 aliphatic carbocycles. The second-order valence-electron chi connectivity index (χ2n) is 6.58. The molecule has 0 bridgehead atoms. The number of likely N-dealkylation sites (N-methyl/N-ethyl adjacent to an activating group) is 1. The predicted molar refractivity (Wildman–Crippen MR) is 88.6 cm³/mol. The number of carbonyl (C=O) groups excluding carboxylic acids is 1. The molecule has 1 aromatic carbocycles. The van der Waals surface area contributed by atoms with Crippen LogP contribution in [0, 0.1) is 0 Å². The maximum absolute atomic E-state index is 12.8. The van der Waals surface area contributed by atoms with Gasteiger partial charge in [0, 0.05) is 13.2 Å². The molecule has 1 fully saturated rings. The molecule has 23 heavy (non-hydrogen) atoms. The Balaban J connectivity index is 1.51. The molecule has 1 unspecified atom stereocenters. The van der Waals surface area contributed by atoms with Gasteiger partial charge in [0.2, 0.25) is 0 Å². The summed E-state index contributed by atoms with van der Waals surface area (Å²) < 4.78 is 5.93. The van der Waals surface area contributed by atoms with Crippen molar-refractivity contribution in [2.45, 2.75) is 31.3 Å². The van der Waals surface area contributed by atoms with Gasteiger partial charge in [0.1, 0.15) is 11.8 Å². The lowest BCUT2D eigenvalue weighted by molar-refractivity contribution is 0.0198. The molecule has 1 atom stereocenters. The zero-order chi connectivity index (χ0) is 15.8. The summed E-state index contributed by atoms with van der Waals surface area (Å²) in [7, 11) is 1.86. The number of hydrogen-bond donors (Lipinski definition) is 1. The van der Waals surface area contributed by atoms with Crippen molar-refractivity contribution >= 4 is 5.91 Å². The molecule has 1 saturated carbocycles. The third-order valence-electron chi connectivity index (χ3n) is 4.89. The highest BCUT2D eigenvalue weighted by Crippen LogP contribution is 2.41. The Labute approximate surface area is 136 Å². The number of H-pyrrole nitrogens is 1. The Morgan fingerprint density at radius 3 is 2.91 bits per heavy atom. The first-order chi connectivity index (χ1) is 11.2. The van der Waals surface area contributed by atoms with E-state index < -0.39 is 0 Å². The average molecular weight is 310 g/mol. The molecule has 0 spiro atoms. The Hall–Kier alpha value is -2.07. The molecule has 1 N–H and O–H groups in total. The Morgan fingerprint density at radius 1 is 1.26 bits per heavy atom. The topological polar surface area (TPSA) is 45.3 Å². The number of nitrogens with one attached hydrogen (secondary N) is 1. The van der Waals surface area contributed by atoms with Crippen LogP contribution in [0.2, 0.25) is 0 Å². The van der Waals surface area contributed by atoms with Gasteiger partial charge in [-0.1, -0.05) is 24.3 Å². The molecule has 1 aromatic heterocycles. The number of hydrogen-bond acceptors (Lipinski definition) is 2. The average Bonchev–Trinajstić information content (AvgIpc) is 3.31. The normalized spacial score (nSPS) is 20.1. The summed E-state index contributed by atoms with van der Waals surface area (Å²) in [6, 6.07) is 10.4. The van der Waals surface area contributed by atoms with Crippen LogP contribution in [0.15, 0.2) is 36.5 Å². The lowest BCUT2D eigenvalue weighted by atomic mass is 9.97. The van der Waals surface area contributed by atoms with Crippen molar-refractivity contribution in [3.8, 4) is 0 Å². The number of rotatable bonds is 4. The molecule has 1 aliphatic heterocycles. The molecular weight excluding hydrogens is 288 g/mol. The van der Waals surface area contributed by atoms with E-state index in [1.807, 2.05) is 25.4 Å². The summed E-state index contributed by atoms with van der Waals surface area (Å²) in [5, 5.41) is 0. The van der Waals surface area contributed by atoms with Gasteiger partial charge < -0.3 is 14.6 Å². The van der Waals surface area contributed by atoms with E-state index in [0.29, 0.717) is 12.5 Å². The van der Waals surface area contributed by atoms with E-state index in [1.165, 1.54) is 29.5 Å². The van der Waals surface area contributed by atoms with E-state index in [-0.39, 0.29) is 12.0 Å². The monoisotopic (exact) mass is 310 g/mol. The van der Waals surface area contributed by atoms with Crippen LogP contribution in [0.1, 0.15) is 52.0 Å². The molecule has 120 valence electrons. The first-order valence-corrected chi connectivity index (χ1v) is 8.36. The summed E-state index contributed by atoms with van der Waals surface area (Å²) >= 11 is 0. The third kappa shape index (κ3) is 2.79. The number of carbonyl (C=O) groups is 1. The van der Waals surface area contributed by atoms with E-state index in [1.54, 1.807) is 4.90 Å². The highest BCUT2D eigenvalue weighted by Gasteiger charge is 2.31. The predicted octanol–water partition coefficient (Wildman–Crippen LogP) is 3.28. The molecule has 4 rings (SSSR count). The maximum atomic E-state index is 12.8. The second kappa shape index (κ2) is 5.85. The summed E-state index contributed by atoms with van der Waals surface area (Å²) in [4.78, 5) is 17.7. The van der Waals surface area contributed by atoms with Gasteiger partial charge in [-0.3, -0.25) is 4.79 Å². The van der Waals surface area contributed by atoms with Gasteiger partial charge in [-0.25, -0.2) is 0 Å². The number of ether oxygens (including phenoxy) is 1. The molecule has 2 heterocycles. The first kappa shape index (κ1) is 14.5. The van der Waals surface area contributed by atoms with E-state index >= 15 is 0 Å². The van der Waals surface area contributed by atoms with Crippen molar-refractivity contribution in [3.05, 3.63) is 58.9 Å². The molecule has 2 aromatic rings. The number of fused-ring (bicyclic) bond motifs is 1. The molecule has 0 radical (unpaired) electrons. The third-order valence-corrected chi connectivity index (χ3v) is 4.89. The van der Waals surface area contributed by atoms with Crippen LogP contribution in [0.3, 0.4) is 0 Å². The van der Waals surface area contributed by atoms with Crippen molar-refractivity contribution in [1.29, 1.82) is 0 Å². The summed E-state index contributed by atoms with van der Waals surface area (Å²) in [6.07, 6.45) is 5.18. The van der Waals surface area contributed by atoms with Gasteiger partial charge in [0.15, 0.2) is 0 Å². The minimum absolute atomic E-state index is 0.0340. The maximum Gasteiger partial charge on any atom is 0.270 e. The van der Waals surface area contributed by atoms with Gasteiger partial charge in [0.25, 0.3) is 5.91 Å². The van der Waals surface area contributed by atoms with Crippen LogP contribution < -0.4 is 0 Å². The summed E-state index contributed by atoms with van der Waals surface area (Å²) in [5.41, 5.74) is 4.47. The van der Waals surface area contributed by atoms with Gasteiger partial charge >= 0.3 is 0 Å². The number of amides is 1. The fraction of sp³-hybridized carbons (Fsp3) is 0.421. The largest absolute Gasteiger partial charge is 0.371 e. The SMILES string of the molecule is CN(CC1OCCc2ccccc21)C(=O)c1[nH]ccc1C1CC1. The number of aromatic amines is 1. The standard InChI is InChI=1S/C19H22N2O2/c1-21(19(22)18-16(8-10-20-18)14-6-7-14)12-17-15-5-3-2-4-13(15)9-11-23-17/h2-5,8,10,14,17,20H,6-7,9,11-12H2,1H3. The zero-order valence-electron chi connectivity index (χ0n) is 13.4. The minimum atomic E-state index is -0.0340. The van der Waals surface area contributed by atoms with E-state index in [9.17, 15) is 4.79 Å². The van der Waals surface area contributed by atoms with Crippen LogP contribution in [0.5, 0.6) is 0 Å².